The fourth-order valence-electron chi connectivity index (χ4n) is 3.19. The summed E-state index contributed by atoms with van der Waals surface area (Å²) in [6.07, 6.45) is 4.76. The maximum Gasteiger partial charge on any atom is 0.106 e. The Morgan fingerprint density at radius 2 is 1.95 bits per heavy atom. The highest BCUT2D eigenvalue weighted by atomic mass is 79.9. The quantitative estimate of drug-likeness (QED) is 0.935. The molecule has 0 bridgehead atoms. The molecule has 1 unspecified atom stereocenters. The monoisotopic (exact) mass is 333 g/mol. The second kappa shape index (κ2) is 5.70. The highest BCUT2D eigenvalue weighted by molar-refractivity contribution is 9.10. The average molecular weight is 334 g/mol. The number of nitrogens with two attached hydrogens (primary N) is 1. The molecule has 0 fully saturated rings. The van der Waals surface area contributed by atoms with Gasteiger partial charge in [-0.15, -0.1) is 0 Å². The molecular formula is C16H20BrN3. The fraction of sp³-hybridized carbons (Fsp3) is 0.438. The van der Waals surface area contributed by atoms with Gasteiger partial charge < -0.3 is 10.3 Å². The number of aromatic nitrogens is 2. The van der Waals surface area contributed by atoms with E-state index in [0.717, 1.165) is 23.1 Å². The van der Waals surface area contributed by atoms with Crippen molar-refractivity contribution in [3.63, 3.8) is 0 Å². The molecule has 0 aliphatic heterocycles. The van der Waals surface area contributed by atoms with Crippen LogP contribution in [-0.2, 0) is 12.8 Å². The molecular weight excluding hydrogens is 314 g/mol. The van der Waals surface area contributed by atoms with E-state index in [4.69, 9.17) is 10.7 Å². The van der Waals surface area contributed by atoms with Gasteiger partial charge in [0.25, 0.3) is 0 Å². The maximum atomic E-state index is 6.08. The van der Waals surface area contributed by atoms with E-state index in [1.165, 1.54) is 29.8 Å². The number of hydrogen-bond donors (Lipinski definition) is 1. The van der Waals surface area contributed by atoms with Crippen molar-refractivity contribution < 1.29 is 0 Å². The zero-order valence-electron chi connectivity index (χ0n) is 11.8. The number of aryl methyl sites for hydroxylation is 2. The molecule has 106 valence electrons. The lowest BCUT2D eigenvalue weighted by molar-refractivity contribution is 0.537. The molecule has 2 aromatic rings. The van der Waals surface area contributed by atoms with Crippen LogP contribution in [0.25, 0.3) is 0 Å². The Labute approximate surface area is 128 Å². The van der Waals surface area contributed by atoms with Gasteiger partial charge in [0.1, 0.15) is 5.82 Å². The van der Waals surface area contributed by atoms with Crippen LogP contribution in [0.2, 0.25) is 0 Å². The van der Waals surface area contributed by atoms with Crippen LogP contribution in [0.5, 0.6) is 0 Å². The lowest BCUT2D eigenvalue weighted by Crippen LogP contribution is -2.24. The Balaban J connectivity index is 2.05. The molecule has 1 aliphatic carbocycles. The van der Waals surface area contributed by atoms with E-state index in [1.54, 1.807) is 0 Å². The minimum absolute atomic E-state index is 0.192. The predicted octanol–water partition coefficient (Wildman–Crippen LogP) is 3.38. The van der Waals surface area contributed by atoms with Gasteiger partial charge in [-0.25, -0.2) is 4.98 Å². The normalized spacial score (nSPS) is 15.9. The molecule has 3 rings (SSSR count). The van der Waals surface area contributed by atoms with E-state index in [9.17, 15) is 0 Å². The standard InChI is InChI=1S/C16H20BrN3/c1-11-19-14-4-2-3-5-15(14)20(11)16(10-18)12-6-8-13(17)9-7-12/h6-9,16H,2-5,10,18H2,1H3. The zero-order valence-corrected chi connectivity index (χ0v) is 13.4. The number of rotatable bonds is 3. The van der Waals surface area contributed by atoms with E-state index in [0.29, 0.717) is 6.54 Å². The third-order valence-electron chi connectivity index (χ3n) is 4.14. The van der Waals surface area contributed by atoms with Crippen molar-refractivity contribution in [2.45, 2.75) is 38.6 Å². The van der Waals surface area contributed by atoms with E-state index in [1.807, 2.05) is 0 Å². The van der Waals surface area contributed by atoms with Gasteiger partial charge in [-0.1, -0.05) is 28.1 Å². The number of halogens is 1. The topological polar surface area (TPSA) is 43.8 Å². The molecule has 0 saturated carbocycles. The summed E-state index contributed by atoms with van der Waals surface area (Å²) in [7, 11) is 0. The van der Waals surface area contributed by atoms with Gasteiger partial charge in [-0.3, -0.25) is 0 Å². The first-order valence-electron chi connectivity index (χ1n) is 7.23. The second-order valence-electron chi connectivity index (χ2n) is 5.43. The summed E-state index contributed by atoms with van der Waals surface area (Å²) < 4.78 is 3.46. The molecule has 1 aromatic heterocycles. The van der Waals surface area contributed by atoms with Crippen LogP contribution in [0.4, 0.5) is 0 Å². The Hall–Kier alpha value is -1.13. The summed E-state index contributed by atoms with van der Waals surface area (Å²) in [5.41, 5.74) is 10.0. The van der Waals surface area contributed by atoms with Crippen LogP contribution < -0.4 is 5.73 Å². The average Bonchev–Trinajstić information content (AvgIpc) is 2.79. The van der Waals surface area contributed by atoms with Crippen molar-refractivity contribution in [3.8, 4) is 0 Å². The minimum atomic E-state index is 0.192. The van der Waals surface area contributed by atoms with Gasteiger partial charge in [0.15, 0.2) is 0 Å². The molecule has 1 aliphatic rings. The predicted molar refractivity (Wildman–Crippen MR) is 84.9 cm³/mol. The highest BCUT2D eigenvalue weighted by Crippen LogP contribution is 2.28. The number of nitrogens with zero attached hydrogens (tertiary/aromatic N) is 2. The lowest BCUT2D eigenvalue weighted by Gasteiger charge is -2.23. The number of benzene rings is 1. The molecule has 2 N–H and O–H groups in total. The van der Waals surface area contributed by atoms with Crippen molar-refractivity contribution in [3.05, 3.63) is 51.5 Å². The van der Waals surface area contributed by atoms with Crippen molar-refractivity contribution in [1.29, 1.82) is 0 Å². The largest absolute Gasteiger partial charge is 0.328 e. The number of imidazole rings is 1. The van der Waals surface area contributed by atoms with E-state index in [-0.39, 0.29) is 6.04 Å². The van der Waals surface area contributed by atoms with Crippen LogP contribution in [-0.4, -0.2) is 16.1 Å². The molecule has 1 atom stereocenters. The first-order chi connectivity index (χ1) is 9.70. The van der Waals surface area contributed by atoms with Crippen LogP contribution in [0, 0.1) is 6.92 Å². The zero-order chi connectivity index (χ0) is 14.1. The molecule has 0 radical (unpaired) electrons. The molecule has 0 spiro atoms. The summed E-state index contributed by atoms with van der Waals surface area (Å²) in [5.74, 6) is 1.09. The van der Waals surface area contributed by atoms with Crippen molar-refractivity contribution in [2.75, 3.05) is 6.54 Å². The SMILES string of the molecule is Cc1nc2c(n1C(CN)c1ccc(Br)cc1)CCCC2. The Kier molecular flexibility index (Phi) is 3.94. The molecule has 20 heavy (non-hydrogen) atoms. The number of fused-ring (bicyclic) bond motifs is 1. The molecule has 4 heteroatoms. The van der Waals surface area contributed by atoms with Crippen LogP contribution in [0.3, 0.4) is 0 Å². The minimum Gasteiger partial charge on any atom is -0.328 e. The first-order valence-corrected chi connectivity index (χ1v) is 8.02. The van der Waals surface area contributed by atoms with E-state index >= 15 is 0 Å². The van der Waals surface area contributed by atoms with Crippen LogP contribution >= 0.6 is 15.9 Å². The highest BCUT2D eigenvalue weighted by Gasteiger charge is 2.23. The van der Waals surface area contributed by atoms with Gasteiger partial charge in [-0.2, -0.15) is 0 Å². The molecule has 0 saturated heterocycles. The van der Waals surface area contributed by atoms with Gasteiger partial charge in [0.05, 0.1) is 11.7 Å². The number of hydrogen-bond acceptors (Lipinski definition) is 2. The Morgan fingerprint density at radius 3 is 2.65 bits per heavy atom. The summed E-state index contributed by atoms with van der Waals surface area (Å²) in [5, 5.41) is 0. The smallest absolute Gasteiger partial charge is 0.106 e. The molecule has 1 aromatic carbocycles. The van der Waals surface area contributed by atoms with Crippen LogP contribution in [0.1, 0.15) is 41.7 Å². The third kappa shape index (κ3) is 2.42. The fourth-order valence-corrected chi connectivity index (χ4v) is 3.45. The lowest BCUT2D eigenvalue weighted by atomic mass is 9.99. The van der Waals surface area contributed by atoms with Gasteiger partial charge in [0, 0.05) is 16.7 Å². The summed E-state index contributed by atoms with van der Waals surface area (Å²) in [6, 6.07) is 8.65. The summed E-state index contributed by atoms with van der Waals surface area (Å²) in [4.78, 5) is 4.76. The van der Waals surface area contributed by atoms with Crippen molar-refractivity contribution in [1.82, 2.24) is 9.55 Å². The van der Waals surface area contributed by atoms with Crippen molar-refractivity contribution >= 4 is 15.9 Å². The maximum absolute atomic E-state index is 6.08. The summed E-state index contributed by atoms with van der Waals surface area (Å²) in [6.45, 7) is 2.70. The molecule has 3 nitrogen and oxygen atoms in total. The Morgan fingerprint density at radius 1 is 1.25 bits per heavy atom. The van der Waals surface area contributed by atoms with Gasteiger partial charge >= 0.3 is 0 Å². The molecule has 1 heterocycles. The van der Waals surface area contributed by atoms with Crippen LogP contribution in [0.15, 0.2) is 28.7 Å². The van der Waals surface area contributed by atoms with E-state index < -0.39 is 0 Å². The van der Waals surface area contributed by atoms with Gasteiger partial charge in [-0.05, 0) is 50.3 Å². The third-order valence-corrected chi connectivity index (χ3v) is 4.66. The van der Waals surface area contributed by atoms with Gasteiger partial charge in [0.2, 0.25) is 0 Å². The Bertz CT molecular complexity index is 601. The molecule has 0 amide bonds. The van der Waals surface area contributed by atoms with Crippen molar-refractivity contribution in [2.24, 2.45) is 5.73 Å². The van der Waals surface area contributed by atoms with E-state index in [2.05, 4.69) is 51.7 Å². The first kappa shape index (κ1) is 13.8. The second-order valence-corrected chi connectivity index (χ2v) is 6.35. The summed E-state index contributed by atoms with van der Waals surface area (Å²) >= 11 is 3.49.